The molecule has 0 bridgehead atoms. The number of Topliss-reactive ketones (excluding diaryl/α,β-unsaturated/α-hetero) is 1. The Balaban J connectivity index is 1.81. The van der Waals surface area contributed by atoms with E-state index < -0.39 is 12.1 Å². The fraction of sp³-hybridized carbons (Fsp3) is 0.214. The summed E-state index contributed by atoms with van der Waals surface area (Å²) in [6, 6.07) is 8.63. The van der Waals surface area contributed by atoms with Crippen molar-refractivity contribution in [1.82, 2.24) is 15.3 Å². The van der Waals surface area contributed by atoms with Crippen LogP contribution in [0.15, 0.2) is 42.9 Å². The topological polar surface area (TPSA) is 84.1 Å². The number of aromatic amines is 1. The highest BCUT2D eigenvalue weighted by Gasteiger charge is 2.18. The van der Waals surface area contributed by atoms with Crippen LogP contribution in [0, 0.1) is 0 Å². The molecule has 20 heavy (non-hydrogen) atoms. The van der Waals surface area contributed by atoms with Gasteiger partial charge in [-0.05, 0) is 12.5 Å². The van der Waals surface area contributed by atoms with E-state index in [0.717, 1.165) is 5.56 Å². The predicted molar refractivity (Wildman–Crippen MR) is 72.1 cm³/mol. The molecule has 6 nitrogen and oxygen atoms in total. The number of carbonyl (C=O) groups is 2. The Morgan fingerprint density at radius 3 is 2.75 bits per heavy atom. The number of H-pyrrole nitrogens is 1. The van der Waals surface area contributed by atoms with Gasteiger partial charge in [0.1, 0.15) is 12.3 Å². The molecule has 1 aromatic carbocycles. The van der Waals surface area contributed by atoms with Crippen molar-refractivity contribution in [2.24, 2.45) is 0 Å². The van der Waals surface area contributed by atoms with Crippen molar-refractivity contribution in [2.45, 2.75) is 19.6 Å². The van der Waals surface area contributed by atoms with Crippen LogP contribution in [0.5, 0.6) is 0 Å². The van der Waals surface area contributed by atoms with E-state index in [0.29, 0.717) is 5.69 Å². The van der Waals surface area contributed by atoms with Gasteiger partial charge in [-0.15, -0.1) is 0 Å². The van der Waals surface area contributed by atoms with E-state index in [4.69, 9.17) is 4.74 Å². The SMILES string of the molecule is C[C@H](NC(=O)OCc1ccccc1)C(=O)c1cnc[nH]1. The van der Waals surface area contributed by atoms with Gasteiger partial charge in [0, 0.05) is 0 Å². The first-order chi connectivity index (χ1) is 9.66. The van der Waals surface area contributed by atoms with Gasteiger partial charge in [-0.25, -0.2) is 9.78 Å². The molecule has 0 aliphatic carbocycles. The van der Waals surface area contributed by atoms with Crippen LogP contribution in [-0.4, -0.2) is 27.9 Å². The number of nitrogens with zero attached hydrogens (tertiary/aromatic N) is 1. The Morgan fingerprint density at radius 2 is 2.10 bits per heavy atom. The van der Waals surface area contributed by atoms with E-state index in [2.05, 4.69) is 15.3 Å². The normalized spacial score (nSPS) is 11.7. The molecule has 0 saturated heterocycles. The molecule has 1 aromatic heterocycles. The Bertz CT molecular complexity index is 567. The third-order valence-corrected chi connectivity index (χ3v) is 2.70. The molecule has 0 fully saturated rings. The number of amides is 1. The van der Waals surface area contributed by atoms with Gasteiger partial charge in [0.05, 0.1) is 18.6 Å². The summed E-state index contributed by atoms with van der Waals surface area (Å²) in [5.41, 5.74) is 1.23. The molecule has 0 saturated carbocycles. The van der Waals surface area contributed by atoms with Crippen LogP contribution >= 0.6 is 0 Å². The predicted octanol–water partition coefficient (Wildman–Crippen LogP) is 1.91. The van der Waals surface area contributed by atoms with E-state index in [1.165, 1.54) is 12.5 Å². The molecule has 0 spiro atoms. The number of imidazole rings is 1. The van der Waals surface area contributed by atoms with Crippen LogP contribution in [-0.2, 0) is 11.3 Å². The molecule has 6 heteroatoms. The zero-order valence-corrected chi connectivity index (χ0v) is 11.0. The number of benzene rings is 1. The lowest BCUT2D eigenvalue weighted by Gasteiger charge is -2.12. The van der Waals surface area contributed by atoms with Crippen LogP contribution in [0.1, 0.15) is 23.0 Å². The first-order valence-electron chi connectivity index (χ1n) is 6.16. The lowest BCUT2D eigenvalue weighted by Crippen LogP contribution is -2.38. The summed E-state index contributed by atoms with van der Waals surface area (Å²) in [6.45, 7) is 1.75. The van der Waals surface area contributed by atoms with Gasteiger partial charge in [0.25, 0.3) is 0 Å². The standard InChI is InChI=1S/C14H15N3O3/c1-10(13(18)12-7-15-9-16-12)17-14(19)20-8-11-5-3-2-4-6-11/h2-7,9-10H,8H2,1H3,(H,15,16)(H,17,19)/t10-/m0/s1. The molecule has 2 aromatic rings. The molecule has 2 N–H and O–H groups in total. The van der Waals surface area contributed by atoms with Gasteiger partial charge in [0.2, 0.25) is 5.78 Å². The number of hydrogen-bond acceptors (Lipinski definition) is 4. The largest absolute Gasteiger partial charge is 0.445 e. The van der Waals surface area contributed by atoms with E-state index >= 15 is 0 Å². The number of ether oxygens (including phenoxy) is 1. The van der Waals surface area contributed by atoms with Crippen molar-refractivity contribution in [2.75, 3.05) is 0 Å². The number of alkyl carbamates (subject to hydrolysis) is 1. The smallest absolute Gasteiger partial charge is 0.408 e. The molecule has 1 atom stereocenters. The van der Waals surface area contributed by atoms with E-state index in [-0.39, 0.29) is 12.4 Å². The maximum absolute atomic E-state index is 11.9. The highest BCUT2D eigenvalue weighted by atomic mass is 16.5. The molecular formula is C14H15N3O3. The zero-order valence-electron chi connectivity index (χ0n) is 11.0. The first-order valence-corrected chi connectivity index (χ1v) is 6.16. The molecule has 1 heterocycles. The second-order valence-electron chi connectivity index (χ2n) is 4.26. The van der Waals surface area contributed by atoms with Gasteiger partial charge in [-0.2, -0.15) is 0 Å². The number of carbonyl (C=O) groups excluding carboxylic acids is 2. The average molecular weight is 273 g/mol. The first kappa shape index (κ1) is 13.8. The number of aromatic nitrogens is 2. The summed E-state index contributed by atoms with van der Waals surface area (Å²) in [5.74, 6) is -0.251. The summed E-state index contributed by atoms with van der Waals surface area (Å²) >= 11 is 0. The van der Waals surface area contributed by atoms with E-state index in [1.807, 2.05) is 30.3 Å². The fourth-order valence-corrected chi connectivity index (χ4v) is 1.63. The van der Waals surface area contributed by atoms with E-state index in [1.54, 1.807) is 6.92 Å². The van der Waals surface area contributed by atoms with Crippen molar-refractivity contribution < 1.29 is 14.3 Å². The summed E-state index contributed by atoms with van der Waals surface area (Å²) in [5, 5.41) is 2.48. The lowest BCUT2D eigenvalue weighted by atomic mass is 10.2. The van der Waals surface area contributed by atoms with Gasteiger partial charge in [-0.3, -0.25) is 4.79 Å². The summed E-state index contributed by atoms with van der Waals surface area (Å²) in [4.78, 5) is 29.9. The minimum Gasteiger partial charge on any atom is -0.445 e. The fourth-order valence-electron chi connectivity index (χ4n) is 1.63. The minimum absolute atomic E-state index is 0.164. The van der Waals surface area contributed by atoms with Crippen molar-refractivity contribution in [1.29, 1.82) is 0 Å². The highest BCUT2D eigenvalue weighted by molar-refractivity contribution is 5.99. The van der Waals surface area contributed by atoms with Crippen molar-refractivity contribution in [3.63, 3.8) is 0 Å². The van der Waals surface area contributed by atoms with Crippen LogP contribution in [0.2, 0.25) is 0 Å². The van der Waals surface area contributed by atoms with Gasteiger partial charge >= 0.3 is 6.09 Å². The maximum Gasteiger partial charge on any atom is 0.408 e. The second kappa shape index (κ2) is 6.51. The second-order valence-corrected chi connectivity index (χ2v) is 4.26. The Hall–Kier alpha value is -2.63. The summed E-state index contributed by atoms with van der Waals surface area (Å²) in [6.07, 6.45) is 2.19. The summed E-state index contributed by atoms with van der Waals surface area (Å²) < 4.78 is 5.04. The monoisotopic (exact) mass is 273 g/mol. The Kier molecular flexibility index (Phi) is 4.49. The van der Waals surface area contributed by atoms with Crippen molar-refractivity contribution >= 4 is 11.9 Å². The molecule has 0 aliphatic rings. The lowest BCUT2D eigenvalue weighted by molar-refractivity contribution is 0.0922. The summed E-state index contributed by atoms with van der Waals surface area (Å²) in [7, 11) is 0. The molecule has 0 radical (unpaired) electrons. The van der Waals surface area contributed by atoms with Crippen molar-refractivity contribution in [3.05, 3.63) is 54.1 Å². The molecule has 1 amide bonds. The van der Waals surface area contributed by atoms with Gasteiger partial charge < -0.3 is 15.0 Å². The zero-order chi connectivity index (χ0) is 14.4. The number of rotatable bonds is 5. The quantitative estimate of drug-likeness (QED) is 0.815. The molecular weight excluding hydrogens is 258 g/mol. The van der Waals surface area contributed by atoms with Crippen molar-refractivity contribution in [3.8, 4) is 0 Å². The van der Waals surface area contributed by atoms with E-state index in [9.17, 15) is 9.59 Å². The minimum atomic E-state index is -0.682. The number of hydrogen-bond donors (Lipinski definition) is 2. The highest BCUT2D eigenvalue weighted by Crippen LogP contribution is 2.02. The molecule has 2 rings (SSSR count). The van der Waals surface area contributed by atoms with Crippen LogP contribution in [0.25, 0.3) is 0 Å². The molecule has 0 unspecified atom stereocenters. The maximum atomic E-state index is 11.9. The Morgan fingerprint density at radius 1 is 1.35 bits per heavy atom. The van der Waals surface area contributed by atoms with Crippen LogP contribution in [0.3, 0.4) is 0 Å². The Labute approximate surface area is 116 Å². The molecule has 0 aliphatic heterocycles. The molecule has 104 valence electrons. The average Bonchev–Trinajstić information content (AvgIpc) is 2.99. The third-order valence-electron chi connectivity index (χ3n) is 2.70. The van der Waals surface area contributed by atoms with Crippen LogP contribution < -0.4 is 5.32 Å². The number of nitrogens with one attached hydrogen (secondary N) is 2. The van der Waals surface area contributed by atoms with Gasteiger partial charge in [0.15, 0.2) is 0 Å². The van der Waals surface area contributed by atoms with Gasteiger partial charge in [-0.1, -0.05) is 30.3 Å². The third kappa shape index (κ3) is 3.68. The van der Waals surface area contributed by atoms with Crippen LogP contribution in [0.4, 0.5) is 4.79 Å². The number of ketones is 1.